The number of benzene rings is 3. The molecule has 33 heavy (non-hydrogen) atoms. The molecule has 1 heterocycles. The maximum absolute atomic E-state index is 13.1. The van der Waals surface area contributed by atoms with Crippen molar-refractivity contribution in [2.75, 3.05) is 11.3 Å². The van der Waals surface area contributed by atoms with Crippen molar-refractivity contribution >= 4 is 48.9 Å². The predicted molar refractivity (Wildman–Crippen MR) is 131 cm³/mol. The van der Waals surface area contributed by atoms with Crippen molar-refractivity contribution in [1.29, 1.82) is 0 Å². The van der Waals surface area contributed by atoms with E-state index in [0.717, 1.165) is 16.7 Å². The number of anilines is 1. The first-order chi connectivity index (χ1) is 15.5. The lowest BCUT2D eigenvalue weighted by Crippen LogP contribution is -2.36. The smallest absolute Gasteiger partial charge is 0.263 e. The van der Waals surface area contributed by atoms with Crippen molar-refractivity contribution in [3.63, 3.8) is 0 Å². The molecular weight excluding hydrogens is 503 g/mol. The summed E-state index contributed by atoms with van der Waals surface area (Å²) < 4.78 is 56.0. The number of halogens is 2. The number of aryl methyl sites for hydroxylation is 2. The van der Waals surface area contributed by atoms with Crippen LogP contribution in [0, 0.1) is 13.8 Å². The van der Waals surface area contributed by atoms with Crippen LogP contribution >= 0.6 is 23.2 Å². The van der Waals surface area contributed by atoms with Gasteiger partial charge in [0.25, 0.3) is 10.0 Å². The molecule has 1 aliphatic rings. The van der Waals surface area contributed by atoms with Gasteiger partial charge < -0.3 is 0 Å². The van der Waals surface area contributed by atoms with Crippen molar-refractivity contribution in [2.24, 2.45) is 0 Å². The Morgan fingerprint density at radius 3 is 2.24 bits per heavy atom. The van der Waals surface area contributed by atoms with Crippen LogP contribution in [0.25, 0.3) is 0 Å². The zero-order valence-corrected chi connectivity index (χ0v) is 21.1. The van der Waals surface area contributed by atoms with E-state index in [1.165, 1.54) is 16.4 Å². The second-order valence-electron chi connectivity index (χ2n) is 8.02. The molecule has 1 aliphatic heterocycles. The Morgan fingerprint density at radius 1 is 0.848 bits per heavy atom. The van der Waals surface area contributed by atoms with Crippen LogP contribution in [-0.4, -0.2) is 27.7 Å². The third kappa shape index (κ3) is 4.90. The number of nitrogens with one attached hydrogen (secondary N) is 1. The van der Waals surface area contributed by atoms with Crippen molar-refractivity contribution in [2.45, 2.75) is 36.6 Å². The summed E-state index contributed by atoms with van der Waals surface area (Å²) in [5, 5.41) is 0.397. The van der Waals surface area contributed by atoms with Gasteiger partial charge in [-0.2, -0.15) is 4.31 Å². The summed E-state index contributed by atoms with van der Waals surface area (Å²) in [6, 6.07) is 14.7. The Bertz CT molecular complexity index is 1440. The van der Waals surface area contributed by atoms with Gasteiger partial charge >= 0.3 is 0 Å². The van der Waals surface area contributed by atoms with Gasteiger partial charge in [0.05, 0.1) is 9.92 Å². The predicted octanol–water partition coefficient (Wildman–Crippen LogP) is 5.16. The average Bonchev–Trinajstić information content (AvgIpc) is 2.75. The summed E-state index contributed by atoms with van der Waals surface area (Å²) in [6.45, 7) is 4.10. The van der Waals surface area contributed by atoms with Crippen LogP contribution in [0.5, 0.6) is 0 Å². The summed E-state index contributed by atoms with van der Waals surface area (Å²) >= 11 is 12.2. The fraction of sp³-hybridized carbons (Fsp3) is 0.217. The Balaban J connectivity index is 1.61. The number of hydrogen-bond acceptors (Lipinski definition) is 4. The van der Waals surface area contributed by atoms with Crippen LogP contribution in [0.4, 0.5) is 5.69 Å². The van der Waals surface area contributed by atoms with E-state index in [1.54, 1.807) is 43.3 Å². The van der Waals surface area contributed by atoms with Gasteiger partial charge in [-0.1, -0.05) is 47.0 Å². The van der Waals surface area contributed by atoms with Gasteiger partial charge in [0.2, 0.25) is 10.0 Å². The van der Waals surface area contributed by atoms with E-state index in [0.29, 0.717) is 29.2 Å². The van der Waals surface area contributed by atoms with Gasteiger partial charge in [-0.15, -0.1) is 0 Å². The van der Waals surface area contributed by atoms with Crippen LogP contribution in [0.1, 0.15) is 22.3 Å². The fourth-order valence-corrected chi connectivity index (χ4v) is 7.01. The Kier molecular flexibility index (Phi) is 6.50. The highest BCUT2D eigenvalue weighted by Crippen LogP contribution is 2.31. The minimum atomic E-state index is -3.97. The first-order valence-corrected chi connectivity index (χ1v) is 13.8. The summed E-state index contributed by atoms with van der Waals surface area (Å²) in [7, 11) is -7.63. The minimum absolute atomic E-state index is 0.0198. The maximum Gasteiger partial charge on any atom is 0.263 e. The highest BCUT2D eigenvalue weighted by molar-refractivity contribution is 7.92. The molecule has 0 aliphatic carbocycles. The van der Waals surface area contributed by atoms with E-state index in [-0.39, 0.29) is 21.4 Å². The Hall–Kier alpha value is -2.10. The van der Waals surface area contributed by atoms with E-state index in [2.05, 4.69) is 4.72 Å². The maximum atomic E-state index is 13.1. The summed E-state index contributed by atoms with van der Waals surface area (Å²) in [4.78, 5) is 0.161. The molecule has 6 nitrogen and oxygen atoms in total. The lowest BCUT2D eigenvalue weighted by Gasteiger charge is -2.28. The molecule has 0 radical (unpaired) electrons. The van der Waals surface area contributed by atoms with Crippen molar-refractivity contribution in [3.05, 3.63) is 86.9 Å². The zero-order valence-electron chi connectivity index (χ0n) is 18.0. The Morgan fingerprint density at radius 2 is 1.55 bits per heavy atom. The number of hydrogen-bond donors (Lipinski definition) is 1. The van der Waals surface area contributed by atoms with Crippen molar-refractivity contribution < 1.29 is 16.8 Å². The van der Waals surface area contributed by atoms with E-state index in [4.69, 9.17) is 23.2 Å². The lowest BCUT2D eigenvalue weighted by atomic mass is 10.0. The molecule has 0 fully saturated rings. The second kappa shape index (κ2) is 8.92. The van der Waals surface area contributed by atoms with Gasteiger partial charge in [0, 0.05) is 23.8 Å². The molecule has 0 aromatic heterocycles. The lowest BCUT2D eigenvalue weighted by molar-refractivity contribution is 0.391. The number of sulfonamides is 2. The first-order valence-electron chi connectivity index (χ1n) is 10.1. The molecule has 10 heteroatoms. The molecule has 0 atom stereocenters. The number of rotatable bonds is 5. The molecular formula is C23H22Cl2N2O4S2. The van der Waals surface area contributed by atoms with E-state index in [9.17, 15) is 16.8 Å². The summed E-state index contributed by atoms with van der Waals surface area (Å²) in [5.74, 6) is 0. The zero-order chi connectivity index (χ0) is 24.0. The molecule has 174 valence electrons. The molecule has 0 saturated carbocycles. The molecule has 1 N–H and O–H groups in total. The summed E-state index contributed by atoms with van der Waals surface area (Å²) in [6.07, 6.45) is 0.537. The highest BCUT2D eigenvalue weighted by atomic mass is 35.5. The highest BCUT2D eigenvalue weighted by Gasteiger charge is 2.29. The molecule has 4 rings (SSSR count). The molecule has 3 aromatic carbocycles. The molecule has 0 unspecified atom stereocenters. The largest absolute Gasteiger partial charge is 0.280 e. The quantitative estimate of drug-likeness (QED) is 0.499. The molecule has 0 amide bonds. The van der Waals surface area contributed by atoms with Gasteiger partial charge in [-0.3, -0.25) is 4.72 Å². The number of fused-ring (bicyclic) bond motifs is 1. The van der Waals surface area contributed by atoms with Crippen LogP contribution in [0.3, 0.4) is 0 Å². The third-order valence-electron chi connectivity index (χ3n) is 5.60. The van der Waals surface area contributed by atoms with Gasteiger partial charge in [-0.05, 0) is 73.4 Å². The van der Waals surface area contributed by atoms with E-state index in [1.807, 2.05) is 13.0 Å². The van der Waals surface area contributed by atoms with E-state index >= 15 is 0 Å². The minimum Gasteiger partial charge on any atom is -0.280 e. The third-order valence-corrected chi connectivity index (χ3v) is 9.71. The van der Waals surface area contributed by atoms with E-state index < -0.39 is 20.0 Å². The topological polar surface area (TPSA) is 83.6 Å². The molecule has 3 aromatic rings. The normalized spacial score (nSPS) is 14.7. The standard InChI is InChI=1S/C23H22Cl2N2O4S2/c1-15-3-7-20(8-4-15)33(30,31)27-10-9-17-5-6-19(12-18(17)14-27)26-32(28,29)23-11-16(2)21(24)13-22(23)25/h3-8,11-13,26H,9-10,14H2,1-2H3. The van der Waals surface area contributed by atoms with Crippen LogP contribution in [0.15, 0.2) is 64.4 Å². The van der Waals surface area contributed by atoms with Crippen LogP contribution in [-0.2, 0) is 33.0 Å². The average molecular weight is 525 g/mol. The van der Waals surface area contributed by atoms with Gasteiger partial charge in [0.1, 0.15) is 4.90 Å². The molecule has 0 spiro atoms. The molecule has 0 saturated heterocycles. The monoisotopic (exact) mass is 524 g/mol. The number of nitrogens with zero attached hydrogens (tertiary/aromatic N) is 1. The van der Waals surface area contributed by atoms with Gasteiger partial charge in [-0.25, -0.2) is 16.8 Å². The van der Waals surface area contributed by atoms with Crippen LogP contribution in [0.2, 0.25) is 10.0 Å². The van der Waals surface area contributed by atoms with Crippen molar-refractivity contribution in [1.82, 2.24) is 4.31 Å². The van der Waals surface area contributed by atoms with Gasteiger partial charge in [0.15, 0.2) is 0 Å². The van der Waals surface area contributed by atoms with Crippen LogP contribution < -0.4 is 4.72 Å². The fourth-order valence-electron chi connectivity index (χ4n) is 3.71. The van der Waals surface area contributed by atoms with Crippen molar-refractivity contribution in [3.8, 4) is 0 Å². The first kappa shape index (κ1) is 24.0. The molecule has 0 bridgehead atoms. The summed E-state index contributed by atoms with van der Waals surface area (Å²) in [5.41, 5.74) is 3.62. The second-order valence-corrected chi connectivity index (χ2v) is 12.4. The SMILES string of the molecule is Cc1ccc(S(=O)(=O)N2CCc3ccc(NS(=O)(=O)c4cc(C)c(Cl)cc4Cl)cc3C2)cc1. The Labute approximate surface area is 204 Å².